The molecule has 0 radical (unpaired) electrons. The molecule has 1 rings (SSSR count). The highest BCUT2D eigenvalue weighted by Gasteiger charge is 2.46. The van der Waals surface area contributed by atoms with Crippen LogP contribution >= 0.6 is 11.6 Å². The molecule has 21 heavy (non-hydrogen) atoms. The smallest absolute Gasteiger partial charge is 0.319 e. The van der Waals surface area contributed by atoms with Crippen molar-refractivity contribution in [3.63, 3.8) is 0 Å². The summed E-state index contributed by atoms with van der Waals surface area (Å²) in [5.74, 6) is 0.211. The van der Waals surface area contributed by atoms with Crippen LogP contribution in [-0.2, 0) is 4.74 Å². The van der Waals surface area contributed by atoms with E-state index < -0.39 is 43.3 Å². The highest BCUT2D eigenvalue weighted by atomic mass is 35.5. The maximum absolute atomic E-state index is 12.0. The average Bonchev–Trinajstić information content (AvgIpc) is 2.49. The molecule has 5 atom stereocenters. The SMILES string of the molecule is C=CCN(C(=O)NCCCl)C1O[C@H](CO)[C@H](O)[C@H](O)[C@H]1O. The van der Waals surface area contributed by atoms with Crippen LogP contribution in [0.1, 0.15) is 0 Å². The number of aliphatic hydroxyl groups excluding tert-OH is 4. The summed E-state index contributed by atoms with van der Waals surface area (Å²) in [7, 11) is 0. The van der Waals surface area contributed by atoms with Crippen LogP contribution in [0.5, 0.6) is 0 Å². The molecule has 9 heteroatoms. The fourth-order valence-corrected chi connectivity index (χ4v) is 2.13. The summed E-state index contributed by atoms with van der Waals surface area (Å²) in [5, 5.41) is 41.1. The van der Waals surface area contributed by atoms with E-state index in [1.807, 2.05) is 0 Å². The number of halogens is 1. The van der Waals surface area contributed by atoms with E-state index >= 15 is 0 Å². The van der Waals surface area contributed by atoms with E-state index in [0.717, 1.165) is 4.90 Å². The van der Waals surface area contributed by atoms with Crippen LogP contribution in [0.4, 0.5) is 4.79 Å². The van der Waals surface area contributed by atoms with E-state index in [1.54, 1.807) is 0 Å². The van der Waals surface area contributed by atoms with Crippen LogP contribution in [0.3, 0.4) is 0 Å². The van der Waals surface area contributed by atoms with Crippen LogP contribution in [0.25, 0.3) is 0 Å². The first-order valence-electron chi connectivity index (χ1n) is 6.49. The summed E-state index contributed by atoms with van der Waals surface area (Å²) >= 11 is 5.49. The molecule has 0 spiro atoms. The van der Waals surface area contributed by atoms with Crippen molar-refractivity contribution in [2.24, 2.45) is 0 Å². The van der Waals surface area contributed by atoms with Crippen molar-refractivity contribution < 1.29 is 30.0 Å². The first kappa shape index (κ1) is 18.1. The Kier molecular flexibility index (Phi) is 7.36. The Labute approximate surface area is 127 Å². The van der Waals surface area contributed by atoms with Crippen molar-refractivity contribution in [2.75, 3.05) is 25.6 Å². The number of carbonyl (C=O) groups excluding carboxylic acids is 1. The molecular formula is C12H21ClN2O6. The molecule has 1 unspecified atom stereocenters. The van der Waals surface area contributed by atoms with Gasteiger partial charge in [-0.15, -0.1) is 18.2 Å². The zero-order chi connectivity index (χ0) is 16.0. The van der Waals surface area contributed by atoms with Gasteiger partial charge in [-0.25, -0.2) is 4.79 Å². The van der Waals surface area contributed by atoms with Crippen molar-refractivity contribution in [3.8, 4) is 0 Å². The molecular weight excluding hydrogens is 304 g/mol. The minimum atomic E-state index is -1.55. The number of hydrogen-bond acceptors (Lipinski definition) is 6. The fourth-order valence-electron chi connectivity index (χ4n) is 2.04. The molecule has 1 aliphatic heterocycles. The fraction of sp³-hybridized carbons (Fsp3) is 0.750. The number of rotatable bonds is 6. The molecule has 1 saturated heterocycles. The van der Waals surface area contributed by atoms with Gasteiger partial charge in [0.05, 0.1) is 6.61 Å². The third-order valence-corrected chi connectivity index (χ3v) is 3.32. The molecule has 0 aromatic carbocycles. The zero-order valence-corrected chi connectivity index (χ0v) is 12.2. The van der Waals surface area contributed by atoms with Gasteiger partial charge in [-0.2, -0.15) is 0 Å². The standard InChI is InChI=1S/C12H21ClN2O6/c1-2-5-15(12(20)14-4-3-13)11-10(19)9(18)8(17)7(6-16)21-11/h2,7-11,16-19H,1,3-6H2,(H,14,20)/t7-,8+,9+,10-,11?/m1/s1. The van der Waals surface area contributed by atoms with Crippen molar-refractivity contribution in [1.29, 1.82) is 0 Å². The summed E-state index contributed by atoms with van der Waals surface area (Å²) in [6, 6.07) is -0.570. The largest absolute Gasteiger partial charge is 0.394 e. The molecule has 0 aliphatic carbocycles. The number of nitrogens with zero attached hydrogens (tertiary/aromatic N) is 1. The average molecular weight is 325 g/mol. The second-order valence-electron chi connectivity index (χ2n) is 4.58. The van der Waals surface area contributed by atoms with E-state index in [1.165, 1.54) is 6.08 Å². The highest BCUT2D eigenvalue weighted by molar-refractivity contribution is 6.18. The Morgan fingerprint density at radius 2 is 2.00 bits per heavy atom. The number of alkyl halides is 1. The minimum Gasteiger partial charge on any atom is -0.394 e. The van der Waals surface area contributed by atoms with Crippen molar-refractivity contribution in [1.82, 2.24) is 10.2 Å². The second-order valence-corrected chi connectivity index (χ2v) is 4.96. The van der Waals surface area contributed by atoms with Crippen LogP contribution in [0.2, 0.25) is 0 Å². The van der Waals surface area contributed by atoms with Crippen molar-refractivity contribution >= 4 is 17.6 Å². The number of hydrogen-bond donors (Lipinski definition) is 5. The molecule has 2 amide bonds. The van der Waals surface area contributed by atoms with Crippen LogP contribution < -0.4 is 5.32 Å². The van der Waals surface area contributed by atoms with Gasteiger partial charge in [0, 0.05) is 19.0 Å². The van der Waals surface area contributed by atoms with Gasteiger partial charge in [-0.05, 0) is 0 Å². The second kappa shape index (κ2) is 8.52. The van der Waals surface area contributed by atoms with Crippen LogP contribution in [0, 0.1) is 0 Å². The number of urea groups is 1. The molecule has 0 bridgehead atoms. The normalized spacial score (nSPS) is 32.5. The van der Waals surface area contributed by atoms with Gasteiger partial charge in [0.15, 0.2) is 6.23 Å². The maximum Gasteiger partial charge on any atom is 0.319 e. The Bertz CT molecular complexity index is 357. The minimum absolute atomic E-state index is 0.0385. The Balaban J connectivity index is 2.89. The molecule has 5 N–H and O–H groups in total. The number of ether oxygens (including phenoxy) is 1. The quantitative estimate of drug-likeness (QED) is 0.291. The van der Waals surface area contributed by atoms with Gasteiger partial charge >= 0.3 is 6.03 Å². The molecule has 0 aromatic rings. The van der Waals surface area contributed by atoms with Gasteiger partial charge in [0.2, 0.25) is 0 Å². The summed E-state index contributed by atoms with van der Waals surface area (Å²) in [5.41, 5.74) is 0. The lowest BCUT2D eigenvalue weighted by atomic mass is 9.98. The first-order valence-corrected chi connectivity index (χ1v) is 7.03. The summed E-state index contributed by atoms with van der Waals surface area (Å²) in [6.45, 7) is 3.20. The first-order chi connectivity index (χ1) is 9.97. The molecule has 1 aliphatic rings. The summed E-state index contributed by atoms with van der Waals surface area (Å²) in [4.78, 5) is 13.1. The maximum atomic E-state index is 12.0. The van der Waals surface area contributed by atoms with E-state index in [-0.39, 0.29) is 19.0 Å². The lowest BCUT2D eigenvalue weighted by molar-refractivity contribution is -0.256. The highest BCUT2D eigenvalue weighted by Crippen LogP contribution is 2.23. The van der Waals surface area contributed by atoms with E-state index in [9.17, 15) is 20.1 Å². The number of nitrogens with one attached hydrogen (secondary N) is 1. The van der Waals surface area contributed by atoms with Gasteiger partial charge in [-0.1, -0.05) is 6.08 Å². The lowest BCUT2D eigenvalue weighted by Gasteiger charge is -2.44. The molecule has 122 valence electrons. The van der Waals surface area contributed by atoms with E-state index in [4.69, 9.17) is 21.4 Å². The summed E-state index contributed by atoms with van der Waals surface area (Å²) in [6.07, 6.45) is -5.44. The molecule has 1 fully saturated rings. The Morgan fingerprint density at radius 1 is 1.33 bits per heavy atom. The number of aliphatic hydroxyl groups is 4. The topological polar surface area (TPSA) is 122 Å². The van der Waals surface area contributed by atoms with Crippen LogP contribution in [-0.4, -0.2) is 87.6 Å². The Hall–Kier alpha value is -0.900. The Morgan fingerprint density at radius 3 is 2.52 bits per heavy atom. The molecule has 0 saturated carbocycles. The molecule has 0 aromatic heterocycles. The zero-order valence-electron chi connectivity index (χ0n) is 11.4. The lowest BCUT2D eigenvalue weighted by Crippen LogP contribution is -2.65. The van der Waals surface area contributed by atoms with Crippen LogP contribution in [0.15, 0.2) is 12.7 Å². The van der Waals surface area contributed by atoms with E-state index in [2.05, 4.69) is 11.9 Å². The van der Waals surface area contributed by atoms with Gasteiger partial charge < -0.3 is 30.5 Å². The third-order valence-electron chi connectivity index (χ3n) is 3.13. The monoisotopic (exact) mass is 324 g/mol. The third kappa shape index (κ3) is 4.29. The van der Waals surface area contributed by atoms with Crippen molar-refractivity contribution in [3.05, 3.63) is 12.7 Å². The number of amides is 2. The summed E-state index contributed by atoms with van der Waals surface area (Å²) < 4.78 is 5.32. The van der Waals surface area contributed by atoms with E-state index in [0.29, 0.717) is 0 Å². The van der Waals surface area contributed by atoms with Gasteiger partial charge in [0.25, 0.3) is 0 Å². The predicted octanol–water partition coefficient (Wildman–Crippen LogP) is -1.78. The van der Waals surface area contributed by atoms with Gasteiger partial charge in [0.1, 0.15) is 24.4 Å². The predicted molar refractivity (Wildman–Crippen MR) is 74.8 cm³/mol. The molecule has 1 heterocycles. The van der Waals surface area contributed by atoms with Crippen molar-refractivity contribution in [2.45, 2.75) is 30.6 Å². The number of carbonyl (C=O) groups is 1. The molecule has 8 nitrogen and oxygen atoms in total. The van der Waals surface area contributed by atoms with Gasteiger partial charge in [-0.3, -0.25) is 4.90 Å².